The summed E-state index contributed by atoms with van der Waals surface area (Å²) in [4.78, 5) is 6.93. The van der Waals surface area contributed by atoms with Crippen LogP contribution in [0.4, 0.5) is 5.69 Å². The summed E-state index contributed by atoms with van der Waals surface area (Å²) < 4.78 is 0. The summed E-state index contributed by atoms with van der Waals surface area (Å²) in [5, 5.41) is 9.21. The van der Waals surface area contributed by atoms with E-state index in [0.29, 0.717) is 12.5 Å². The number of fused-ring (bicyclic) bond motifs is 1. The van der Waals surface area contributed by atoms with Gasteiger partial charge in [-0.15, -0.1) is 0 Å². The summed E-state index contributed by atoms with van der Waals surface area (Å²) in [6.45, 7) is 3.37. The maximum atomic E-state index is 9.21. The zero-order valence-electron chi connectivity index (χ0n) is 10.9. The number of anilines is 1. The predicted octanol–water partition coefficient (Wildman–Crippen LogP) is 1.72. The molecule has 2 heterocycles. The van der Waals surface area contributed by atoms with E-state index in [2.05, 4.69) is 46.3 Å². The smallest absolute Gasteiger partial charge is 0.0648 e. The van der Waals surface area contributed by atoms with E-state index in [4.69, 9.17) is 0 Å². The molecule has 1 aromatic rings. The highest BCUT2D eigenvalue weighted by Crippen LogP contribution is 2.52. The van der Waals surface area contributed by atoms with E-state index in [0.717, 1.165) is 37.2 Å². The lowest BCUT2D eigenvalue weighted by Gasteiger charge is -2.22. The minimum atomic E-state index is 0.366. The highest BCUT2D eigenvalue weighted by atomic mass is 16.3. The Balaban J connectivity index is 1.54. The van der Waals surface area contributed by atoms with E-state index in [1.54, 1.807) is 0 Å². The first-order valence-electron chi connectivity index (χ1n) is 7.04. The van der Waals surface area contributed by atoms with Gasteiger partial charge in [0.15, 0.2) is 0 Å². The lowest BCUT2D eigenvalue weighted by molar-refractivity contribution is 0.260. The second-order valence-electron chi connectivity index (χ2n) is 5.76. The van der Waals surface area contributed by atoms with Crippen LogP contribution in [0, 0.1) is 17.8 Å². The maximum Gasteiger partial charge on any atom is 0.0648 e. The molecule has 3 nitrogen and oxygen atoms in total. The Morgan fingerprint density at radius 3 is 2.79 bits per heavy atom. The number of allylic oxidation sites excluding steroid dienone is 1. The van der Waals surface area contributed by atoms with E-state index in [-0.39, 0.29) is 0 Å². The Morgan fingerprint density at radius 2 is 2.11 bits per heavy atom. The first-order valence-corrected chi connectivity index (χ1v) is 7.04. The van der Waals surface area contributed by atoms with Crippen LogP contribution in [0.2, 0.25) is 0 Å². The second kappa shape index (κ2) is 4.20. The van der Waals surface area contributed by atoms with Crippen LogP contribution in [0.5, 0.6) is 0 Å². The molecule has 3 heteroatoms. The van der Waals surface area contributed by atoms with Crippen molar-refractivity contribution in [3.05, 3.63) is 42.0 Å². The van der Waals surface area contributed by atoms with E-state index in [1.807, 2.05) is 0 Å². The number of nitrogens with zero attached hydrogens (tertiary/aromatic N) is 2. The van der Waals surface area contributed by atoms with Gasteiger partial charge >= 0.3 is 0 Å². The van der Waals surface area contributed by atoms with Gasteiger partial charge in [0.25, 0.3) is 0 Å². The summed E-state index contributed by atoms with van der Waals surface area (Å²) in [5.74, 6) is 2.01. The van der Waals surface area contributed by atoms with Gasteiger partial charge in [-0.2, -0.15) is 0 Å². The van der Waals surface area contributed by atoms with Crippen molar-refractivity contribution < 1.29 is 5.11 Å². The fourth-order valence-electron chi connectivity index (χ4n) is 3.55. The van der Waals surface area contributed by atoms with E-state index in [9.17, 15) is 5.11 Å². The van der Waals surface area contributed by atoms with Crippen molar-refractivity contribution in [1.29, 1.82) is 0 Å². The van der Waals surface area contributed by atoms with Gasteiger partial charge < -0.3 is 10.0 Å². The van der Waals surface area contributed by atoms with Crippen LogP contribution in [0.1, 0.15) is 5.56 Å². The molecule has 2 fully saturated rings. The summed E-state index contributed by atoms with van der Waals surface area (Å²) in [6, 6.07) is 8.67. The van der Waals surface area contributed by atoms with Gasteiger partial charge in [0.2, 0.25) is 0 Å². The SMILES string of the molecule is OCC1C2CN(c3cccc(C4=NCC=C4)c3)CC12. The topological polar surface area (TPSA) is 35.8 Å². The molecule has 0 spiro atoms. The van der Waals surface area contributed by atoms with Crippen LogP contribution in [-0.4, -0.2) is 37.1 Å². The molecule has 3 aliphatic rings. The highest BCUT2D eigenvalue weighted by Gasteiger charge is 2.55. The maximum absolute atomic E-state index is 9.21. The number of hydrogen-bond acceptors (Lipinski definition) is 3. The van der Waals surface area contributed by atoms with E-state index in [1.165, 1.54) is 11.3 Å². The predicted molar refractivity (Wildman–Crippen MR) is 76.8 cm³/mol. The number of piperidine rings is 1. The van der Waals surface area contributed by atoms with Crippen LogP contribution in [-0.2, 0) is 0 Å². The molecule has 4 rings (SSSR count). The van der Waals surface area contributed by atoms with Crippen molar-refractivity contribution in [2.24, 2.45) is 22.7 Å². The van der Waals surface area contributed by atoms with Crippen molar-refractivity contribution >= 4 is 11.4 Å². The standard InChI is InChI=1S/C16H18N2O/c19-10-15-13-8-18(9-14(13)15)12-4-1-3-11(7-12)16-5-2-6-17-16/h1-5,7,13-15,19H,6,8-10H2. The average Bonchev–Trinajstić information content (AvgIpc) is 2.91. The Hall–Kier alpha value is -1.61. The van der Waals surface area contributed by atoms with Gasteiger partial charge in [-0.25, -0.2) is 0 Å². The number of benzene rings is 1. The van der Waals surface area contributed by atoms with Crippen molar-refractivity contribution in [2.45, 2.75) is 0 Å². The molecule has 1 aliphatic carbocycles. The lowest BCUT2D eigenvalue weighted by Crippen LogP contribution is -2.24. The number of hydrogen-bond donors (Lipinski definition) is 1. The van der Waals surface area contributed by atoms with Gasteiger partial charge in [0, 0.05) is 30.9 Å². The van der Waals surface area contributed by atoms with Crippen molar-refractivity contribution in [3.8, 4) is 0 Å². The molecule has 19 heavy (non-hydrogen) atoms. The first-order chi connectivity index (χ1) is 9.36. The van der Waals surface area contributed by atoms with Gasteiger partial charge in [-0.3, -0.25) is 4.99 Å². The molecule has 1 N–H and O–H groups in total. The van der Waals surface area contributed by atoms with Gasteiger partial charge in [0.1, 0.15) is 0 Å². The van der Waals surface area contributed by atoms with Crippen LogP contribution in [0.3, 0.4) is 0 Å². The molecule has 1 aromatic carbocycles. The molecule has 98 valence electrons. The summed E-state index contributed by atoms with van der Waals surface area (Å²) >= 11 is 0. The monoisotopic (exact) mass is 254 g/mol. The van der Waals surface area contributed by atoms with Gasteiger partial charge in [-0.05, 0) is 36.0 Å². The Labute approximate surface area is 113 Å². The molecule has 0 bridgehead atoms. The summed E-state index contributed by atoms with van der Waals surface area (Å²) in [7, 11) is 0. The van der Waals surface area contributed by atoms with Crippen LogP contribution < -0.4 is 4.90 Å². The summed E-state index contributed by atoms with van der Waals surface area (Å²) in [6.07, 6.45) is 4.20. The largest absolute Gasteiger partial charge is 0.396 e. The fourth-order valence-corrected chi connectivity index (χ4v) is 3.55. The van der Waals surface area contributed by atoms with Gasteiger partial charge in [0.05, 0.1) is 12.3 Å². The minimum Gasteiger partial charge on any atom is -0.396 e. The average molecular weight is 254 g/mol. The molecular formula is C16H18N2O. The van der Waals surface area contributed by atoms with E-state index < -0.39 is 0 Å². The highest BCUT2D eigenvalue weighted by molar-refractivity contribution is 6.10. The number of aliphatic imine (C=N–C) groups is 1. The molecule has 2 unspecified atom stereocenters. The Kier molecular flexibility index (Phi) is 2.49. The second-order valence-corrected chi connectivity index (χ2v) is 5.76. The minimum absolute atomic E-state index is 0.366. The molecule has 0 amide bonds. The van der Waals surface area contributed by atoms with Crippen molar-refractivity contribution in [2.75, 3.05) is 31.1 Å². The first kappa shape index (κ1) is 11.2. The molecular weight excluding hydrogens is 236 g/mol. The third-order valence-corrected chi connectivity index (χ3v) is 4.73. The lowest BCUT2D eigenvalue weighted by atomic mass is 10.1. The third kappa shape index (κ3) is 1.80. The zero-order valence-corrected chi connectivity index (χ0v) is 10.9. The third-order valence-electron chi connectivity index (χ3n) is 4.73. The molecule has 0 aromatic heterocycles. The molecule has 2 atom stereocenters. The zero-order chi connectivity index (χ0) is 12.8. The fraction of sp³-hybridized carbons (Fsp3) is 0.438. The molecule has 1 saturated heterocycles. The summed E-state index contributed by atoms with van der Waals surface area (Å²) in [5.41, 5.74) is 3.61. The number of aliphatic hydroxyl groups excluding tert-OH is 1. The normalized spacial score (nSPS) is 31.5. The van der Waals surface area contributed by atoms with Crippen molar-refractivity contribution in [1.82, 2.24) is 0 Å². The molecule has 1 saturated carbocycles. The number of rotatable bonds is 3. The van der Waals surface area contributed by atoms with Crippen molar-refractivity contribution in [3.63, 3.8) is 0 Å². The van der Waals surface area contributed by atoms with Crippen LogP contribution in [0.25, 0.3) is 0 Å². The quantitative estimate of drug-likeness (QED) is 0.891. The van der Waals surface area contributed by atoms with Gasteiger partial charge in [-0.1, -0.05) is 18.2 Å². The van der Waals surface area contributed by atoms with Crippen LogP contribution in [0.15, 0.2) is 41.4 Å². The Bertz CT molecular complexity index is 552. The van der Waals surface area contributed by atoms with E-state index >= 15 is 0 Å². The Morgan fingerprint density at radius 1 is 1.26 bits per heavy atom. The molecule has 0 radical (unpaired) electrons. The molecule has 2 aliphatic heterocycles. The number of aliphatic hydroxyl groups is 1. The van der Waals surface area contributed by atoms with Crippen LogP contribution >= 0.6 is 0 Å².